The van der Waals surface area contributed by atoms with Crippen molar-refractivity contribution < 1.29 is 23.1 Å². The largest absolute Gasteiger partial charge is 0.480 e. The van der Waals surface area contributed by atoms with Crippen LogP contribution in [0.25, 0.3) is 0 Å². The molecule has 0 saturated heterocycles. The molecule has 0 radical (unpaired) electrons. The molecule has 0 spiro atoms. The lowest BCUT2D eigenvalue weighted by atomic mass is 10.1. The number of carbonyl (C=O) groups is 1. The lowest BCUT2D eigenvalue weighted by molar-refractivity contribution is -0.143. The number of benzene rings is 1. The van der Waals surface area contributed by atoms with Crippen LogP contribution in [0.2, 0.25) is 10.0 Å². The minimum absolute atomic E-state index is 0.00965. The monoisotopic (exact) mass is 301 g/mol. The van der Waals surface area contributed by atoms with Crippen LogP contribution in [0, 0.1) is 0 Å². The summed E-state index contributed by atoms with van der Waals surface area (Å²) in [5.41, 5.74) is 0.0258. The summed E-state index contributed by atoms with van der Waals surface area (Å²) in [5, 5.41) is 11.0. The van der Waals surface area contributed by atoms with Crippen molar-refractivity contribution in [3.63, 3.8) is 0 Å². The van der Waals surface area contributed by atoms with E-state index in [1.807, 2.05) is 5.32 Å². The zero-order valence-electron chi connectivity index (χ0n) is 8.76. The fraction of sp³-hybridized carbons (Fsp3) is 0.300. The first-order valence-electron chi connectivity index (χ1n) is 4.68. The van der Waals surface area contributed by atoms with Gasteiger partial charge in [-0.1, -0.05) is 29.3 Å². The fourth-order valence-corrected chi connectivity index (χ4v) is 1.80. The summed E-state index contributed by atoms with van der Waals surface area (Å²) in [6.07, 6.45) is -4.51. The van der Waals surface area contributed by atoms with Crippen molar-refractivity contribution in [1.29, 1.82) is 0 Å². The third kappa shape index (κ3) is 4.36. The Labute approximate surface area is 110 Å². The molecule has 8 heteroatoms. The van der Waals surface area contributed by atoms with Gasteiger partial charge in [0.05, 0.1) is 6.54 Å². The van der Waals surface area contributed by atoms with Gasteiger partial charge in [-0.2, -0.15) is 13.2 Å². The summed E-state index contributed by atoms with van der Waals surface area (Å²) < 4.78 is 36.2. The minimum Gasteiger partial charge on any atom is -0.480 e. The summed E-state index contributed by atoms with van der Waals surface area (Å²) in [6.45, 7) is -1.43. The van der Waals surface area contributed by atoms with Crippen molar-refractivity contribution in [3.05, 3.63) is 33.8 Å². The van der Waals surface area contributed by atoms with Crippen LogP contribution in [0.1, 0.15) is 11.6 Å². The molecule has 1 aromatic carbocycles. The van der Waals surface area contributed by atoms with Crippen LogP contribution in [0.5, 0.6) is 0 Å². The average Bonchev–Trinajstić information content (AvgIpc) is 2.18. The molecular weight excluding hydrogens is 294 g/mol. The Kier molecular flexibility index (Phi) is 4.84. The number of carboxylic acids is 1. The number of alkyl halides is 3. The maximum Gasteiger partial charge on any atom is 0.401 e. The molecule has 1 atom stereocenters. The van der Waals surface area contributed by atoms with E-state index in [2.05, 4.69) is 0 Å². The Bertz CT molecular complexity index is 451. The van der Waals surface area contributed by atoms with Crippen LogP contribution >= 0.6 is 23.2 Å². The number of halogens is 5. The molecule has 3 nitrogen and oxygen atoms in total. The summed E-state index contributed by atoms with van der Waals surface area (Å²) in [7, 11) is 0. The topological polar surface area (TPSA) is 49.3 Å². The van der Waals surface area contributed by atoms with Crippen LogP contribution in [0.4, 0.5) is 13.2 Å². The van der Waals surface area contributed by atoms with Crippen LogP contribution in [0.15, 0.2) is 18.2 Å². The maximum atomic E-state index is 12.1. The van der Waals surface area contributed by atoms with E-state index in [-0.39, 0.29) is 15.6 Å². The molecule has 0 fully saturated rings. The Hall–Kier alpha value is -0.980. The third-order valence-electron chi connectivity index (χ3n) is 2.03. The van der Waals surface area contributed by atoms with Crippen LogP contribution in [0.3, 0.4) is 0 Å². The van der Waals surface area contributed by atoms with E-state index in [9.17, 15) is 18.0 Å². The van der Waals surface area contributed by atoms with Gasteiger partial charge in [-0.15, -0.1) is 0 Å². The molecule has 1 aromatic rings. The number of aliphatic carboxylic acids is 1. The van der Waals surface area contributed by atoms with Gasteiger partial charge in [-0.05, 0) is 17.7 Å². The Morgan fingerprint density at radius 2 is 2.00 bits per heavy atom. The number of hydrogen-bond donors (Lipinski definition) is 2. The van der Waals surface area contributed by atoms with Crippen LogP contribution < -0.4 is 5.32 Å². The molecule has 0 aliphatic heterocycles. The Morgan fingerprint density at radius 1 is 1.39 bits per heavy atom. The molecule has 0 aliphatic carbocycles. The first-order chi connectivity index (χ1) is 8.20. The molecule has 0 aliphatic rings. The quantitative estimate of drug-likeness (QED) is 0.897. The van der Waals surface area contributed by atoms with E-state index in [0.29, 0.717) is 0 Å². The second kappa shape index (κ2) is 5.77. The van der Waals surface area contributed by atoms with E-state index in [0.717, 1.165) is 0 Å². The first kappa shape index (κ1) is 15.1. The SMILES string of the molecule is O=C(O)C(NCC(F)(F)F)c1ccc(Cl)cc1Cl. The van der Waals surface area contributed by atoms with Crippen molar-refractivity contribution >= 4 is 29.2 Å². The van der Waals surface area contributed by atoms with E-state index in [1.165, 1.54) is 18.2 Å². The normalized spacial score (nSPS) is 13.4. The highest BCUT2D eigenvalue weighted by Crippen LogP contribution is 2.27. The van der Waals surface area contributed by atoms with E-state index in [1.54, 1.807) is 0 Å². The molecule has 18 heavy (non-hydrogen) atoms. The molecule has 0 heterocycles. The average molecular weight is 302 g/mol. The van der Waals surface area contributed by atoms with Crippen molar-refractivity contribution in [2.45, 2.75) is 12.2 Å². The molecule has 0 bridgehead atoms. The zero-order valence-corrected chi connectivity index (χ0v) is 10.3. The van der Waals surface area contributed by atoms with Crippen LogP contribution in [-0.2, 0) is 4.79 Å². The van der Waals surface area contributed by atoms with Crippen molar-refractivity contribution in [3.8, 4) is 0 Å². The number of rotatable bonds is 4. The van der Waals surface area contributed by atoms with Gasteiger partial charge in [0, 0.05) is 10.0 Å². The Morgan fingerprint density at radius 3 is 2.44 bits per heavy atom. The molecule has 100 valence electrons. The lowest BCUT2D eigenvalue weighted by Crippen LogP contribution is -2.36. The van der Waals surface area contributed by atoms with Gasteiger partial charge in [0.1, 0.15) is 6.04 Å². The third-order valence-corrected chi connectivity index (χ3v) is 2.59. The molecule has 1 unspecified atom stereocenters. The fourth-order valence-electron chi connectivity index (χ4n) is 1.28. The van der Waals surface area contributed by atoms with Crippen molar-refractivity contribution in [2.24, 2.45) is 0 Å². The van der Waals surface area contributed by atoms with E-state index in [4.69, 9.17) is 28.3 Å². The number of hydrogen-bond acceptors (Lipinski definition) is 2. The lowest BCUT2D eigenvalue weighted by Gasteiger charge is -2.17. The van der Waals surface area contributed by atoms with Gasteiger partial charge in [0.2, 0.25) is 0 Å². The highest BCUT2D eigenvalue weighted by atomic mass is 35.5. The first-order valence-corrected chi connectivity index (χ1v) is 5.44. The van der Waals surface area contributed by atoms with Crippen molar-refractivity contribution in [1.82, 2.24) is 5.32 Å². The molecule has 0 amide bonds. The molecule has 2 N–H and O–H groups in total. The zero-order chi connectivity index (χ0) is 13.9. The van der Waals surface area contributed by atoms with Gasteiger partial charge < -0.3 is 5.11 Å². The Balaban J connectivity index is 2.95. The molecule has 0 saturated carbocycles. The smallest absolute Gasteiger partial charge is 0.401 e. The van der Waals surface area contributed by atoms with Crippen LogP contribution in [-0.4, -0.2) is 23.8 Å². The minimum atomic E-state index is -4.51. The van der Waals surface area contributed by atoms with Gasteiger partial charge in [0.25, 0.3) is 0 Å². The molecule has 1 rings (SSSR count). The molecular formula is C10H8Cl2F3NO2. The van der Waals surface area contributed by atoms with E-state index < -0.39 is 24.7 Å². The summed E-state index contributed by atoms with van der Waals surface area (Å²) >= 11 is 11.4. The summed E-state index contributed by atoms with van der Waals surface area (Å²) in [4.78, 5) is 10.9. The van der Waals surface area contributed by atoms with Gasteiger partial charge in [-0.3, -0.25) is 10.1 Å². The van der Waals surface area contributed by atoms with Gasteiger partial charge >= 0.3 is 12.1 Å². The van der Waals surface area contributed by atoms with Gasteiger partial charge in [0.15, 0.2) is 0 Å². The van der Waals surface area contributed by atoms with Crippen molar-refractivity contribution in [2.75, 3.05) is 6.54 Å². The summed E-state index contributed by atoms with van der Waals surface area (Å²) in [6, 6.07) is 2.35. The maximum absolute atomic E-state index is 12.1. The second-order valence-corrected chi connectivity index (χ2v) is 4.28. The summed E-state index contributed by atoms with van der Waals surface area (Å²) in [5.74, 6) is -1.46. The molecule has 0 aromatic heterocycles. The predicted octanol–water partition coefficient (Wildman–Crippen LogP) is 3.27. The number of nitrogens with one attached hydrogen (secondary N) is 1. The standard InChI is InChI=1S/C10H8Cl2F3NO2/c11-5-1-2-6(7(12)3-5)8(9(17)18)16-4-10(13,14)15/h1-3,8,16H,4H2,(H,17,18). The van der Waals surface area contributed by atoms with Gasteiger partial charge in [-0.25, -0.2) is 0 Å². The predicted molar refractivity (Wildman–Crippen MR) is 60.9 cm³/mol. The second-order valence-electron chi connectivity index (χ2n) is 3.43. The highest BCUT2D eigenvalue weighted by Gasteiger charge is 2.31. The van der Waals surface area contributed by atoms with E-state index >= 15 is 0 Å². The highest BCUT2D eigenvalue weighted by molar-refractivity contribution is 6.35. The number of carboxylic acid groups (broad SMARTS) is 1.